The number of phenols is 1. The number of aromatic hydroxyl groups is 1. The van der Waals surface area contributed by atoms with Crippen LogP contribution in [0.5, 0.6) is 5.75 Å². The van der Waals surface area contributed by atoms with Crippen molar-refractivity contribution in [1.82, 2.24) is 9.97 Å². The van der Waals surface area contributed by atoms with Gasteiger partial charge in [-0.2, -0.15) is 0 Å². The first-order valence-corrected chi connectivity index (χ1v) is 5.08. The van der Waals surface area contributed by atoms with Gasteiger partial charge in [-0.25, -0.2) is 9.97 Å². The van der Waals surface area contributed by atoms with Crippen molar-refractivity contribution >= 4 is 23.1 Å². The zero-order valence-corrected chi connectivity index (χ0v) is 9.36. The lowest BCUT2D eigenvalue weighted by Crippen LogP contribution is -1.97. The maximum absolute atomic E-state index is 9.32. The first kappa shape index (κ1) is 10.7. The Bertz CT molecular complexity index is 516. The van der Waals surface area contributed by atoms with Gasteiger partial charge in [-0.3, -0.25) is 0 Å². The van der Waals surface area contributed by atoms with Gasteiger partial charge in [0, 0.05) is 23.5 Å². The molecule has 0 saturated heterocycles. The van der Waals surface area contributed by atoms with E-state index in [0.29, 0.717) is 5.82 Å². The van der Waals surface area contributed by atoms with Crippen molar-refractivity contribution in [2.75, 3.05) is 5.32 Å². The number of hydrogen-bond acceptors (Lipinski definition) is 4. The van der Waals surface area contributed by atoms with Crippen LogP contribution in [0.1, 0.15) is 5.56 Å². The number of benzene rings is 1. The molecule has 1 aromatic carbocycles. The monoisotopic (exact) mass is 235 g/mol. The van der Waals surface area contributed by atoms with E-state index in [4.69, 9.17) is 11.6 Å². The van der Waals surface area contributed by atoms with Gasteiger partial charge in [0.05, 0.1) is 0 Å². The lowest BCUT2D eigenvalue weighted by molar-refractivity contribution is 0.475. The SMILES string of the molecule is Cc1cnc(Cl)nc1Nc1cccc(O)c1. The topological polar surface area (TPSA) is 58.0 Å². The van der Waals surface area contributed by atoms with Gasteiger partial charge < -0.3 is 10.4 Å². The fraction of sp³-hybridized carbons (Fsp3) is 0.0909. The summed E-state index contributed by atoms with van der Waals surface area (Å²) >= 11 is 5.70. The fourth-order valence-corrected chi connectivity index (χ4v) is 1.40. The molecule has 4 nitrogen and oxygen atoms in total. The molecule has 2 rings (SSSR count). The molecular formula is C11H10ClN3O. The summed E-state index contributed by atoms with van der Waals surface area (Å²) in [6, 6.07) is 6.78. The molecule has 2 N–H and O–H groups in total. The molecule has 82 valence electrons. The van der Waals surface area contributed by atoms with Crippen LogP contribution in [0.4, 0.5) is 11.5 Å². The molecule has 0 aliphatic rings. The van der Waals surface area contributed by atoms with Gasteiger partial charge in [0.15, 0.2) is 0 Å². The highest BCUT2D eigenvalue weighted by Gasteiger charge is 2.03. The normalized spacial score (nSPS) is 10.1. The van der Waals surface area contributed by atoms with E-state index in [1.807, 2.05) is 13.0 Å². The van der Waals surface area contributed by atoms with Crippen LogP contribution in [-0.2, 0) is 0 Å². The first-order chi connectivity index (χ1) is 7.65. The summed E-state index contributed by atoms with van der Waals surface area (Å²) in [4.78, 5) is 7.92. The van der Waals surface area contributed by atoms with Crippen molar-refractivity contribution in [3.63, 3.8) is 0 Å². The van der Waals surface area contributed by atoms with E-state index < -0.39 is 0 Å². The largest absolute Gasteiger partial charge is 0.508 e. The Labute approximate surface area is 97.9 Å². The Kier molecular flexibility index (Phi) is 2.92. The predicted molar refractivity (Wildman–Crippen MR) is 63.2 cm³/mol. The molecule has 0 amide bonds. The number of rotatable bonds is 2. The molecule has 1 heterocycles. The van der Waals surface area contributed by atoms with E-state index in [0.717, 1.165) is 11.3 Å². The van der Waals surface area contributed by atoms with E-state index in [1.165, 1.54) is 0 Å². The highest BCUT2D eigenvalue weighted by atomic mass is 35.5. The lowest BCUT2D eigenvalue weighted by atomic mass is 10.3. The molecule has 0 fully saturated rings. The maximum atomic E-state index is 9.32. The van der Waals surface area contributed by atoms with Crippen LogP contribution in [0.15, 0.2) is 30.5 Å². The van der Waals surface area contributed by atoms with Crippen LogP contribution >= 0.6 is 11.6 Å². The summed E-state index contributed by atoms with van der Waals surface area (Å²) in [5.74, 6) is 0.827. The number of aromatic nitrogens is 2. The summed E-state index contributed by atoms with van der Waals surface area (Å²) in [5, 5.41) is 12.6. The molecule has 16 heavy (non-hydrogen) atoms. The quantitative estimate of drug-likeness (QED) is 0.786. The van der Waals surface area contributed by atoms with Gasteiger partial charge in [-0.1, -0.05) is 6.07 Å². The second kappa shape index (κ2) is 4.37. The van der Waals surface area contributed by atoms with Crippen molar-refractivity contribution in [2.24, 2.45) is 0 Å². The summed E-state index contributed by atoms with van der Waals surface area (Å²) < 4.78 is 0. The molecule has 2 aromatic rings. The lowest BCUT2D eigenvalue weighted by Gasteiger charge is -2.08. The van der Waals surface area contributed by atoms with Crippen molar-refractivity contribution in [3.8, 4) is 5.75 Å². The summed E-state index contributed by atoms with van der Waals surface area (Å²) in [7, 11) is 0. The van der Waals surface area contributed by atoms with E-state index >= 15 is 0 Å². The summed E-state index contributed by atoms with van der Waals surface area (Å²) in [6.45, 7) is 1.88. The zero-order chi connectivity index (χ0) is 11.5. The molecule has 0 aliphatic carbocycles. The molecule has 1 aromatic heterocycles. The molecule has 5 heteroatoms. The molecule has 0 saturated carbocycles. The van der Waals surface area contributed by atoms with Crippen molar-refractivity contribution < 1.29 is 5.11 Å². The maximum Gasteiger partial charge on any atom is 0.224 e. The third kappa shape index (κ3) is 2.41. The van der Waals surface area contributed by atoms with Crippen LogP contribution in [0.2, 0.25) is 5.28 Å². The number of aryl methyl sites for hydroxylation is 1. The first-order valence-electron chi connectivity index (χ1n) is 4.70. The number of phenolic OH excluding ortho intramolecular Hbond substituents is 1. The zero-order valence-electron chi connectivity index (χ0n) is 8.61. The average Bonchev–Trinajstić information content (AvgIpc) is 2.24. The molecule has 0 radical (unpaired) electrons. The van der Waals surface area contributed by atoms with E-state index in [9.17, 15) is 5.11 Å². The molecule has 0 spiro atoms. The molecule has 0 atom stereocenters. The Balaban J connectivity index is 2.30. The fourth-order valence-electron chi connectivity index (χ4n) is 1.27. The number of hydrogen-bond donors (Lipinski definition) is 2. The van der Waals surface area contributed by atoms with E-state index in [1.54, 1.807) is 24.4 Å². The third-order valence-electron chi connectivity index (χ3n) is 2.05. The second-order valence-corrected chi connectivity index (χ2v) is 3.68. The standard InChI is InChI=1S/C11H10ClN3O/c1-7-6-13-11(12)15-10(7)14-8-3-2-4-9(16)5-8/h2-6,16H,1H3,(H,13,14,15). The summed E-state index contributed by atoms with van der Waals surface area (Å²) in [5.41, 5.74) is 1.63. The molecular weight excluding hydrogens is 226 g/mol. The van der Waals surface area contributed by atoms with Gasteiger partial charge >= 0.3 is 0 Å². The molecule has 0 unspecified atom stereocenters. The second-order valence-electron chi connectivity index (χ2n) is 3.35. The highest BCUT2D eigenvalue weighted by molar-refractivity contribution is 6.28. The van der Waals surface area contributed by atoms with Gasteiger partial charge in [-0.05, 0) is 30.7 Å². The van der Waals surface area contributed by atoms with Gasteiger partial charge in [0.1, 0.15) is 11.6 Å². The minimum atomic E-state index is 0.188. The van der Waals surface area contributed by atoms with Gasteiger partial charge in [-0.15, -0.1) is 0 Å². The van der Waals surface area contributed by atoms with Gasteiger partial charge in [0.2, 0.25) is 5.28 Å². The number of nitrogens with zero attached hydrogens (tertiary/aromatic N) is 2. The smallest absolute Gasteiger partial charge is 0.224 e. The van der Waals surface area contributed by atoms with E-state index in [2.05, 4.69) is 15.3 Å². The van der Waals surface area contributed by atoms with Crippen molar-refractivity contribution in [1.29, 1.82) is 0 Å². The van der Waals surface area contributed by atoms with Crippen LogP contribution in [0.3, 0.4) is 0 Å². The highest BCUT2D eigenvalue weighted by Crippen LogP contribution is 2.21. The Hall–Kier alpha value is -1.81. The number of halogens is 1. The number of anilines is 2. The van der Waals surface area contributed by atoms with Crippen LogP contribution in [0, 0.1) is 6.92 Å². The van der Waals surface area contributed by atoms with E-state index in [-0.39, 0.29) is 11.0 Å². The Morgan fingerprint density at radius 3 is 2.94 bits per heavy atom. The minimum Gasteiger partial charge on any atom is -0.508 e. The van der Waals surface area contributed by atoms with Crippen LogP contribution < -0.4 is 5.32 Å². The van der Waals surface area contributed by atoms with Crippen LogP contribution in [0.25, 0.3) is 0 Å². The minimum absolute atomic E-state index is 0.188. The Morgan fingerprint density at radius 1 is 1.38 bits per heavy atom. The average molecular weight is 236 g/mol. The molecule has 0 aliphatic heterocycles. The summed E-state index contributed by atoms with van der Waals surface area (Å²) in [6.07, 6.45) is 1.64. The van der Waals surface area contributed by atoms with Crippen LogP contribution in [-0.4, -0.2) is 15.1 Å². The van der Waals surface area contributed by atoms with Gasteiger partial charge in [0.25, 0.3) is 0 Å². The third-order valence-corrected chi connectivity index (χ3v) is 2.23. The Morgan fingerprint density at radius 2 is 2.19 bits per heavy atom. The predicted octanol–water partition coefficient (Wildman–Crippen LogP) is 2.89. The number of nitrogens with one attached hydrogen (secondary N) is 1. The molecule has 0 bridgehead atoms. The van der Waals surface area contributed by atoms with Crippen molar-refractivity contribution in [2.45, 2.75) is 6.92 Å². The van der Waals surface area contributed by atoms with Crippen molar-refractivity contribution in [3.05, 3.63) is 41.3 Å².